The fourth-order valence-electron chi connectivity index (χ4n) is 3.10. The lowest BCUT2D eigenvalue weighted by Gasteiger charge is -2.05. The van der Waals surface area contributed by atoms with Crippen molar-refractivity contribution in [2.24, 2.45) is 0 Å². The van der Waals surface area contributed by atoms with Crippen molar-refractivity contribution in [3.05, 3.63) is 52.8 Å². The molecule has 0 radical (unpaired) electrons. The molecule has 25 heavy (non-hydrogen) atoms. The number of benzene rings is 1. The lowest BCUT2D eigenvalue weighted by molar-refractivity contribution is 0.0960. The number of carbonyl (C=O) groups is 1. The SMILES string of the molecule is CCc1ccc(-c2nnn(CC(=O)c3cc(C)n(CC)c3C)n2)cc1. The third-order valence-electron chi connectivity index (χ3n) is 4.55. The van der Waals surface area contributed by atoms with Gasteiger partial charge in [0.05, 0.1) is 0 Å². The van der Waals surface area contributed by atoms with Gasteiger partial charge in [-0.2, -0.15) is 4.80 Å². The summed E-state index contributed by atoms with van der Waals surface area (Å²) in [5, 5.41) is 12.4. The zero-order chi connectivity index (χ0) is 18.0. The van der Waals surface area contributed by atoms with E-state index in [2.05, 4.69) is 46.0 Å². The second-order valence-corrected chi connectivity index (χ2v) is 6.15. The molecule has 3 aromatic rings. The molecular formula is C19H23N5O. The van der Waals surface area contributed by atoms with Crippen LogP contribution in [0.4, 0.5) is 0 Å². The molecule has 2 heterocycles. The summed E-state index contributed by atoms with van der Waals surface area (Å²) in [6, 6.07) is 10.0. The third kappa shape index (κ3) is 3.38. The number of hydrogen-bond donors (Lipinski definition) is 0. The Balaban J connectivity index is 1.78. The number of tetrazole rings is 1. The first-order valence-electron chi connectivity index (χ1n) is 8.60. The standard InChI is InChI=1S/C19H23N5O/c1-5-15-7-9-16(10-8-15)19-20-22-24(21-19)12-18(25)17-11-13(3)23(6-2)14(17)4/h7-11H,5-6,12H2,1-4H3. The van der Waals surface area contributed by atoms with Crippen molar-refractivity contribution >= 4 is 5.78 Å². The molecule has 2 aromatic heterocycles. The topological polar surface area (TPSA) is 65.6 Å². The summed E-state index contributed by atoms with van der Waals surface area (Å²) in [6.07, 6.45) is 0.991. The quantitative estimate of drug-likeness (QED) is 0.648. The molecule has 0 N–H and O–H groups in total. The van der Waals surface area contributed by atoms with Crippen molar-refractivity contribution in [2.45, 2.75) is 47.2 Å². The zero-order valence-electron chi connectivity index (χ0n) is 15.2. The number of Topliss-reactive ketones (excluding diaryl/α,β-unsaturated/α-hetero) is 1. The number of carbonyl (C=O) groups excluding carboxylic acids is 1. The van der Waals surface area contributed by atoms with Gasteiger partial charge < -0.3 is 4.57 Å². The van der Waals surface area contributed by atoms with E-state index >= 15 is 0 Å². The lowest BCUT2D eigenvalue weighted by Crippen LogP contribution is -2.14. The Bertz CT molecular complexity index is 889. The van der Waals surface area contributed by atoms with Crippen LogP contribution >= 0.6 is 0 Å². The average Bonchev–Trinajstić information content (AvgIpc) is 3.19. The van der Waals surface area contributed by atoms with Gasteiger partial charge in [0.15, 0.2) is 5.78 Å². The van der Waals surface area contributed by atoms with Gasteiger partial charge in [0.2, 0.25) is 5.82 Å². The Kier molecular flexibility index (Phi) is 4.79. The van der Waals surface area contributed by atoms with Crippen LogP contribution in [0.1, 0.15) is 41.2 Å². The van der Waals surface area contributed by atoms with Crippen molar-refractivity contribution in [3.8, 4) is 11.4 Å². The van der Waals surface area contributed by atoms with Crippen molar-refractivity contribution in [3.63, 3.8) is 0 Å². The highest BCUT2D eigenvalue weighted by molar-refractivity contribution is 5.97. The highest BCUT2D eigenvalue weighted by Crippen LogP contribution is 2.17. The van der Waals surface area contributed by atoms with E-state index < -0.39 is 0 Å². The summed E-state index contributed by atoms with van der Waals surface area (Å²) >= 11 is 0. The van der Waals surface area contributed by atoms with Crippen molar-refractivity contribution in [1.82, 2.24) is 24.8 Å². The van der Waals surface area contributed by atoms with Crippen molar-refractivity contribution in [2.75, 3.05) is 0 Å². The first kappa shape index (κ1) is 17.1. The summed E-state index contributed by atoms with van der Waals surface area (Å²) in [5.41, 5.74) is 4.97. The number of aryl methyl sites for hydroxylation is 2. The van der Waals surface area contributed by atoms with Gasteiger partial charge in [-0.25, -0.2) is 0 Å². The molecule has 0 amide bonds. The molecule has 0 aliphatic heterocycles. The van der Waals surface area contributed by atoms with Gasteiger partial charge in [0.25, 0.3) is 0 Å². The minimum absolute atomic E-state index is 0.00178. The van der Waals surface area contributed by atoms with Crippen molar-refractivity contribution < 1.29 is 4.79 Å². The second kappa shape index (κ2) is 7.01. The Morgan fingerprint density at radius 2 is 1.84 bits per heavy atom. The predicted octanol–water partition coefficient (Wildman–Crippen LogP) is 3.22. The summed E-state index contributed by atoms with van der Waals surface area (Å²) in [4.78, 5) is 14.0. The molecule has 1 aromatic carbocycles. The van der Waals surface area contributed by atoms with Gasteiger partial charge in [-0.15, -0.1) is 10.2 Å². The number of nitrogens with zero attached hydrogens (tertiary/aromatic N) is 5. The molecule has 0 atom stereocenters. The Morgan fingerprint density at radius 1 is 1.12 bits per heavy atom. The molecule has 0 unspecified atom stereocenters. The fraction of sp³-hybridized carbons (Fsp3) is 0.368. The predicted molar refractivity (Wildman–Crippen MR) is 96.5 cm³/mol. The summed E-state index contributed by atoms with van der Waals surface area (Å²) in [7, 11) is 0. The third-order valence-corrected chi connectivity index (χ3v) is 4.55. The van der Waals surface area contributed by atoms with E-state index in [4.69, 9.17) is 0 Å². The molecular weight excluding hydrogens is 314 g/mol. The molecule has 6 heteroatoms. The molecule has 0 spiro atoms. The maximum absolute atomic E-state index is 12.6. The number of rotatable bonds is 6. The van der Waals surface area contributed by atoms with Crippen LogP contribution in [0.15, 0.2) is 30.3 Å². The fourth-order valence-corrected chi connectivity index (χ4v) is 3.10. The van der Waals surface area contributed by atoms with E-state index in [1.54, 1.807) is 0 Å². The van der Waals surface area contributed by atoms with E-state index in [0.717, 1.165) is 35.5 Å². The van der Waals surface area contributed by atoms with Crippen LogP contribution in [0.3, 0.4) is 0 Å². The monoisotopic (exact) mass is 337 g/mol. The summed E-state index contributed by atoms with van der Waals surface area (Å²) in [6.45, 7) is 9.12. The van der Waals surface area contributed by atoms with Crippen LogP contribution in [0.5, 0.6) is 0 Å². The molecule has 130 valence electrons. The van der Waals surface area contributed by atoms with Gasteiger partial charge in [-0.05, 0) is 44.0 Å². The zero-order valence-corrected chi connectivity index (χ0v) is 15.2. The highest BCUT2D eigenvalue weighted by Gasteiger charge is 2.17. The molecule has 6 nitrogen and oxygen atoms in total. The van der Waals surface area contributed by atoms with Crippen LogP contribution in [0.2, 0.25) is 0 Å². The maximum atomic E-state index is 12.6. The van der Waals surface area contributed by atoms with E-state index in [0.29, 0.717) is 5.82 Å². The average molecular weight is 337 g/mol. The molecule has 0 saturated heterocycles. The smallest absolute Gasteiger partial charge is 0.204 e. The van der Waals surface area contributed by atoms with E-state index in [1.165, 1.54) is 10.4 Å². The van der Waals surface area contributed by atoms with Crippen LogP contribution in [0.25, 0.3) is 11.4 Å². The molecule has 3 rings (SSSR count). The van der Waals surface area contributed by atoms with Gasteiger partial charge in [-0.3, -0.25) is 4.79 Å². The molecule has 0 aliphatic carbocycles. The van der Waals surface area contributed by atoms with E-state index in [9.17, 15) is 4.79 Å². The summed E-state index contributed by atoms with van der Waals surface area (Å²) in [5.74, 6) is 0.535. The van der Waals surface area contributed by atoms with Crippen LogP contribution in [-0.4, -0.2) is 30.6 Å². The Morgan fingerprint density at radius 3 is 2.44 bits per heavy atom. The van der Waals surface area contributed by atoms with Crippen molar-refractivity contribution in [1.29, 1.82) is 0 Å². The molecule has 0 fully saturated rings. The molecule has 0 aliphatic rings. The number of ketones is 1. The first-order valence-corrected chi connectivity index (χ1v) is 8.60. The summed E-state index contributed by atoms with van der Waals surface area (Å²) < 4.78 is 2.13. The lowest BCUT2D eigenvalue weighted by atomic mass is 10.1. The highest BCUT2D eigenvalue weighted by atomic mass is 16.1. The maximum Gasteiger partial charge on any atom is 0.204 e. The molecule has 0 bridgehead atoms. The van der Waals surface area contributed by atoms with Crippen LogP contribution in [-0.2, 0) is 19.5 Å². The van der Waals surface area contributed by atoms with Gasteiger partial charge >= 0.3 is 0 Å². The number of hydrogen-bond acceptors (Lipinski definition) is 4. The normalized spacial score (nSPS) is 11.0. The second-order valence-electron chi connectivity index (χ2n) is 6.15. The van der Waals surface area contributed by atoms with Crippen LogP contribution in [0, 0.1) is 13.8 Å². The number of aromatic nitrogens is 5. The van der Waals surface area contributed by atoms with Crippen LogP contribution < -0.4 is 0 Å². The van der Waals surface area contributed by atoms with Gasteiger partial charge in [0.1, 0.15) is 6.54 Å². The van der Waals surface area contributed by atoms with Gasteiger partial charge in [-0.1, -0.05) is 31.2 Å². The Hall–Kier alpha value is -2.76. The first-order chi connectivity index (χ1) is 12.0. The largest absolute Gasteiger partial charge is 0.349 e. The van der Waals surface area contributed by atoms with Gasteiger partial charge in [0, 0.05) is 29.1 Å². The Labute approximate surface area is 147 Å². The minimum Gasteiger partial charge on any atom is -0.349 e. The van der Waals surface area contributed by atoms with E-state index in [-0.39, 0.29) is 12.3 Å². The minimum atomic E-state index is -0.00178. The van der Waals surface area contributed by atoms with E-state index in [1.807, 2.05) is 32.0 Å². The molecule has 0 saturated carbocycles.